The van der Waals surface area contributed by atoms with E-state index < -0.39 is 16.5 Å². The molecule has 0 fully saturated rings. The number of hydrogen-bond donors (Lipinski definition) is 1. The van der Waals surface area contributed by atoms with Gasteiger partial charge in [-0.1, -0.05) is 13.3 Å². The Bertz CT molecular complexity index is 86.1. The highest BCUT2D eigenvalue weighted by molar-refractivity contribution is 7.79. The van der Waals surface area contributed by atoms with Crippen molar-refractivity contribution >= 4 is 11.1 Å². The minimum atomic E-state index is -2.08. The fourth-order valence-corrected chi connectivity index (χ4v) is 0.809. The maximum absolute atomic E-state index is 9.96. The maximum Gasteiger partial charge on any atom is 0.0676 e. The standard InChI is InChI=1S/C4H11NO2S/c1-2-3-4(5)8(6)7/h4H,2-3,5H2,1H3,(H,6,7)/p-1. The Kier molecular flexibility index (Phi) is 4.03. The van der Waals surface area contributed by atoms with Crippen LogP contribution in [-0.4, -0.2) is 14.1 Å². The van der Waals surface area contributed by atoms with Gasteiger partial charge < -0.3 is 10.3 Å². The molecule has 8 heavy (non-hydrogen) atoms. The van der Waals surface area contributed by atoms with Gasteiger partial charge in [-0.25, -0.2) is 0 Å². The molecule has 0 spiro atoms. The van der Waals surface area contributed by atoms with Crippen LogP contribution in [0, 0.1) is 0 Å². The summed E-state index contributed by atoms with van der Waals surface area (Å²) in [7, 11) is 0. The van der Waals surface area contributed by atoms with E-state index in [-0.39, 0.29) is 0 Å². The zero-order valence-corrected chi connectivity index (χ0v) is 5.61. The first-order valence-corrected chi connectivity index (χ1v) is 3.66. The van der Waals surface area contributed by atoms with Gasteiger partial charge in [-0.05, 0) is 17.5 Å². The van der Waals surface area contributed by atoms with Crippen LogP contribution in [0.15, 0.2) is 0 Å². The third kappa shape index (κ3) is 3.12. The molecule has 0 aromatic carbocycles. The van der Waals surface area contributed by atoms with Crippen molar-refractivity contribution in [1.29, 1.82) is 0 Å². The lowest BCUT2D eigenvalue weighted by Crippen LogP contribution is -2.24. The van der Waals surface area contributed by atoms with Gasteiger partial charge in [0.15, 0.2) is 0 Å². The molecule has 2 atom stereocenters. The second-order valence-electron chi connectivity index (χ2n) is 1.59. The Morgan fingerprint density at radius 1 is 1.88 bits per heavy atom. The van der Waals surface area contributed by atoms with E-state index >= 15 is 0 Å². The van der Waals surface area contributed by atoms with Crippen LogP contribution in [0.3, 0.4) is 0 Å². The van der Waals surface area contributed by atoms with Gasteiger partial charge in [0.25, 0.3) is 0 Å². The Morgan fingerprint density at radius 2 is 2.38 bits per heavy atom. The van der Waals surface area contributed by atoms with E-state index in [1.165, 1.54) is 0 Å². The molecule has 0 heterocycles. The summed E-state index contributed by atoms with van der Waals surface area (Å²) in [5.74, 6) is 0. The van der Waals surface area contributed by atoms with Gasteiger partial charge in [0.1, 0.15) is 0 Å². The average molecular weight is 136 g/mol. The SMILES string of the molecule is CCCC(N)S(=O)[O-]. The molecule has 0 radical (unpaired) electrons. The molecule has 0 aliphatic carbocycles. The molecule has 0 aliphatic heterocycles. The molecule has 2 unspecified atom stereocenters. The van der Waals surface area contributed by atoms with E-state index in [2.05, 4.69) is 0 Å². The lowest BCUT2D eigenvalue weighted by atomic mass is 10.3. The molecule has 0 aliphatic rings. The van der Waals surface area contributed by atoms with E-state index in [0.717, 1.165) is 6.42 Å². The van der Waals surface area contributed by atoms with Crippen molar-refractivity contribution in [2.24, 2.45) is 5.73 Å². The second kappa shape index (κ2) is 4.00. The van der Waals surface area contributed by atoms with Crippen LogP contribution in [0.25, 0.3) is 0 Å². The third-order valence-corrected chi connectivity index (χ3v) is 1.55. The van der Waals surface area contributed by atoms with E-state index in [0.29, 0.717) is 6.42 Å². The largest absolute Gasteiger partial charge is 0.771 e. The first-order chi connectivity index (χ1) is 3.68. The first-order valence-electron chi connectivity index (χ1n) is 2.52. The minimum absolute atomic E-state index is 0.552. The summed E-state index contributed by atoms with van der Waals surface area (Å²) >= 11 is -2.08. The quantitative estimate of drug-likeness (QED) is 0.553. The number of rotatable bonds is 3. The monoisotopic (exact) mass is 136 g/mol. The van der Waals surface area contributed by atoms with Crippen molar-refractivity contribution in [2.45, 2.75) is 25.1 Å². The molecule has 0 aromatic rings. The Hall–Kier alpha value is 0.0700. The van der Waals surface area contributed by atoms with Crippen LogP contribution in [0.5, 0.6) is 0 Å². The first kappa shape index (κ1) is 8.07. The van der Waals surface area contributed by atoms with Gasteiger partial charge >= 0.3 is 0 Å². The Balaban J connectivity index is 3.32. The fourth-order valence-electron chi connectivity index (χ4n) is 0.381. The van der Waals surface area contributed by atoms with Crippen molar-refractivity contribution in [1.82, 2.24) is 0 Å². The molecule has 0 rings (SSSR count). The topological polar surface area (TPSA) is 66.2 Å². The highest BCUT2D eigenvalue weighted by atomic mass is 32.2. The van der Waals surface area contributed by atoms with Crippen molar-refractivity contribution in [3.05, 3.63) is 0 Å². The molecule has 2 N–H and O–H groups in total. The van der Waals surface area contributed by atoms with Crippen LogP contribution >= 0.6 is 0 Å². The van der Waals surface area contributed by atoms with Crippen LogP contribution in [0.4, 0.5) is 0 Å². The van der Waals surface area contributed by atoms with Crippen LogP contribution < -0.4 is 5.73 Å². The Labute approximate surface area is 51.6 Å². The van der Waals surface area contributed by atoms with E-state index in [9.17, 15) is 8.76 Å². The van der Waals surface area contributed by atoms with Crippen molar-refractivity contribution in [2.75, 3.05) is 0 Å². The molecule has 4 heteroatoms. The molecule has 0 amide bonds. The van der Waals surface area contributed by atoms with Gasteiger partial charge in [-0.2, -0.15) is 0 Å². The zero-order chi connectivity index (χ0) is 6.57. The van der Waals surface area contributed by atoms with Crippen LogP contribution in [0.2, 0.25) is 0 Å². The average Bonchev–Trinajstić information content (AvgIpc) is 1.67. The summed E-state index contributed by atoms with van der Waals surface area (Å²) in [4.78, 5) is 0. The zero-order valence-electron chi connectivity index (χ0n) is 4.79. The number of hydrogen-bond acceptors (Lipinski definition) is 3. The summed E-state index contributed by atoms with van der Waals surface area (Å²) in [5, 5.41) is -0.667. The van der Waals surface area contributed by atoms with Crippen LogP contribution in [0.1, 0.15) is 19.8 Å². The molecule has 50 valence electrons. The molecule has 0 aromatic heterocycles. The van der Waals surface area contributed by atoms with Gasteiger partial charge in [0.05, 0.1) is 5.37 Å². The van der Waals surface area contributed by atoms with Crippen LogP contribution in [-0.2, 0) is 11.1 Å². The summed E-state index contributed by atoms with van der Waals surface area (Å²) in [6.07, 6.45) is 1.37. The normalized spacial score (nSPS) is 17.9. The second-order valence-corrected chi connectivity index (χ2v) is 2.71. The molecular formula is C4H10NO2S-. The van der Waals surface area contributed by atoms with Gasteiger partial charge in [-0.3, -0.25) is 4.21 Å². The molecular weight excluding hydrogens is 126 g/mol. The summed E-state index contributed by atoms with van der Waals surface area (Å²) in [6.45, 7) is 1.90. The number of nitrogens with two attached hydrogens (primary N) is 1. The van der Waals surface area contributed by atoms with Crippen molar-refractivity contribution in [3.63, 3.8) is 0 Å². The van der Waals surface area contributed by atoms with Gasteiger partial charge in [-0.15, -0.1) is 0 Å². The highest BCUT2D eigenvalue weighted by Gasteiger charge is 1.97. The molecule has 0 bridgehead atoms. The predicted octanol–water partition coefficient (Wildman–Crippen LogP) is -0.0496. The lowest BCUT2D eigenvalue weighted by Gasteiger charge is -2.12. The lowest BCUT2D eigenvalue weighted by molar-refractivity contribution is 0.516. The molecule has 0 saturated carbocycles. The van der Waals surface area contributed by atoms with Gasteiger partial charge in [0.2, 0.25) is 0 Å². The third-order valence-electron chi connectivity index (χ3n) is 0.820. The summed E-state index contributed by atoms with van der Waals surface area (Å²) < 4.78 is 19.9. The smallest absolute Gasteiger partial charge is 0.0676 e. The van der Waals surface area contributed by atoms with Crippen molar-refractivity contribution in [3.8, 4) is 0 Å². The van der Waals surface area contributed by atoms with Gasteiger partial charge in [0, 0.05) is 0 Å². The van der Waals surface area contributed by atoms with Crippen molar-refractivity contribution < 1.29 is 8.76 Å². The van der Waals surface area contributed by atoms with E-state index in [4.69, 9.17) is 5.73 Å². The molecule has 3 nitrogen and oxygen atoms in total. The Morgan fingerprint density at radius 3 is 2.50 bits per heavy atom. The van der Waals surface area contributed by atoms with E-state index in [1.54, 1.807) is 0 Å². The highest BCUT2D eigenvalue weighted by Crippen LogP contribution is 1.94. The minimum Gasteiger partial charge on any atom is -0.771 e. The summed E-state index contributed by atoms with van der Waals surface area (Å²) in [6, 6.07) is 0. The summed E-state index contributed by atoms with van der Waals surface area (Å²) in [5.41, 5.74) is 5.11. The maximum atomic E-state index is 9.96. The fraction of sp³-hybridized carbons (Fsp3) is 1.00. The van der Waals surface area contributed by atoms with E-state index in [1.807, 2.05) is 6.92 Å². The predicted molar refractivity (Wildman–Crippen MR) is 31.8 cm³/mol. The molecule has 0 saturated heterocycles.